The maximum Gasteiger partial charge on any atom is 0.220 e. The van der Waals surface area contributed by atoms with Crippen LogP contribution in [0.15, 0.2) is 30.5 Å². The highest BCUT2D eigenvalue weighted by Gasteiger charge is 2.23. The van der Waals surface area contributed by atoms with E-state index in [2.05, 4.69) is 66.0 Å². The molecule has 4 nitrogen and oxygen atoms in total. The van der Waals surface area contributed by atoms with Crippen LogP contribution in [0.5, 0.6) is 0 Å². The zero-order chi connectivity index (χ0) is 19.9. The normalized spacial score (nSPS) is 20.5. The number of aryl methyl sites for hydroxylation is 2. The molecule has 4 heteroatoms. The van der Waals surface area contributed by atoms with Crippen LogP contribution in [-0.4, -0.2) is 40.5 Å². The Labute approximate surface area is 170 Å². The number of amides is 1. The van der Waals surface area contributed by atoms with Crippen LogP contribution in [-0.2, 0) is 17.8 Å². The van der Waals surface area contributed by atoms with Gasteiger partial charge >= 0.3 is 0 Å². The molecule has 0 saturated carbocycles. The van der Waals surface area contributed by atoms with Gasteiger partial charge in [-0.05, 0) is 64.5 Å². The van der Waals surface area contributed by atoms with Crippen molar-refractivity contribution in [3.63, 3.8) is 0 Å². The average Bonchev–Trinajstić information content (AvgIpc) is 3.05. The minimum atomic E-state index is 0.193. The lowest BCUT2D eigenvalue weighted by Crippen LogP contribution is -2.44. The van der Waals surface area contributed by atoms with Gasteiger partial charge in [-0.3, -0.25) is 9.69 Å². The number of rotatable bonds is 9. The molecule has 1 aliphatic heterocycles. The summed E-state index contributed by atoms with van der Waals surface area (Å²) < 4.78 is 2.30. The first-order valence-corrected chi connectivity index (χ1v) is 11.2. The lowest BCUT2D eigenvalue weighted by molar-refractivity contribution is -0.121. The summed E-state index contributed by atoms with van der Waals surface area (Å²) in [7, 11) is 0. The monoisotopic (exact) mass is 383 g/mol. The number of benzene rings is 1. The molecule has 2 unspecified atom stereocenters. The predicted octanol–water partition coefficient (Wildman–Crippen LogP) is 4.75. The standard InChI is InChI=1S/C24H37N3O/c1-4-26-18-21(22-13-5-6-14-23(22)26)12-8-15-24(28)25-16-9-17-27-19(2)10-7-11-20(27)3/h5-6,13-14,18-20H,4,7-12,15-17H2,1-3H3,(H,25,28). The van der Waals surface area contributed by atoms with Crippen molar-refractivity contribution in [1.82, 2.24) is 14.8 Å². The van der Waals surface area contributed by atoms with Crippen molar-refractivity contribution in [2.24, 2.45) is 0 Å². The topological polar surface area (TPSA) is 37.3 Å². The highest BCUT2D eigenvalue weighted by atomic mass is 16.1. The van der Waals surface area contributed by atoms with Crippen molar-refractivity contribution in [1.29, 1.82) is 0 Å². The molecule has 1 fully saturated rings. The van der Waals surface area contributed by atoms with E-state index in [4.69, 9.17) is 0 Å². The molecule has 2 atom stereocenters. The van der Waals surface area contributed by atoms with Gasteiger partial charge in [0.25, 0.3) is 0 Å². The molecule has 3 rings (SSSR count). The molecule has 28 heavy (non-hydrogen) atoms. The number of fused-ring (bicyclic) bond motifs is 1. The lowest BCUT2D eigenvalue weighted by Gasteiger charge is -2.39. The van der Waals surface area contributed by atoms with E-state index < -0.39 is 0 Å². The van der Waals surface area contributed by atoms with E-state index in [-0.39, 0.29) is 5.91 Å². The fraction of sp³-hybridized carbons (Fsp3) is 0.625. The van der Waals surface area contributed by atoms with Crippen LogP contribution in [0.25, 0.3) is 10.9 Å². The molecule has 1 saturated heterocycles. The number of nitrogens with one attached hydrogen (secondary N) is 1. The number of likely N-dealkylation sites (tertiary alicyclic amines) is 1. The number of para-hydroxylation sites is 1. The van der Waals surface area contributed by atoms with Crippen molar-refractivity contribution >= 4 is 16.8 Å². The van der Waals surface area contributed by atoms with Crippen LogP contribution >= 0.6 is 0 Å². The largest absolute Gasteiger partial charge is 0.356 e. The predicted molar refractivity (Wildman–Crippen MR) is 118 cm³/mol. The van der Waals surface area contributed by atoms with Crippen LogP contribution in [0.1, 0.15) is 64.9 Å². The SMILES string of the molecule is CCn1cc(CCCC(=O)NCCCN2C(C)CCCC2C)c2ccccc21. The van der Waals surface area contributed by atoms with Gasteiger partial charge in [0.2, 0.25) is 5.91 Å². The maximum atomic E-state index is 12.2. The molecule has 1 amide bonds. The van der Waals surface area contributed by atoms with E-state index in [9.17, 15) is 4.79 Å². The molecule has 0 spiro atoms. The first-order chi connectivity index (χ1) is 13.6. The van der Waals surface area contributed by atoms with Gasteiger partial charge in [0, 0.05) is 55.2 Å². The van der Waals surface area contributed by atoms with Crippen LogP contribution in [0.3, 0.4) is 0 Å². The third kappa shape index (κ3) is 5.16. The summed E-state index contributed by atoms with van der Waals surface area (Å²) in [5.74, 6) is 0.193. The second-order valence-electron chi connectivity index (χ2n) is 8.38. The molecule has 1 aliphatic rings. The Balaban J connectivity index is 1.37. The second kappa shape index (κ2) is 10.1. The van der Waals surface area contributed by atoms with Crippen molar-refractivity contribution < 1.29 is 4.79 Å². The molecule has 2 heterocycles. The summed E-state index contributed by atoms with van der Waals surface area (Å²) >= 11 is 0. The second-order valence-corrected chi connectivity index (χ2v) is 8.38. The average molecular weight is 384 g/mol. The number of carbonyl (C=O) groups excluding carboxylic acids is 1. The molecule has 0 radical (unpaired) electrons. The quantitative estimate of drug-likeness (QED) is 0.634. The number of hydrogen-bond donors (Lipinski definition) is 1. The van der Waals surface area contributed by atoms with Crippen LogP contribution in [0.4, 0.5) is 0 Å². The molecule has 1 aromatic carbocycles. The van der Waals surface area contributed by atoms with Gasteiger partial charge in [0.1, 0.15) is 0 Å². The van der Waals surface area contributed by atoms with Crippen LogP contribution < -0.4 is 5.32 Å². The first-order valence-electron chi connectivity index (χ1n) is 11.2. The number of carbonyl (C=O) groups is 1. The summed E-state index contributed by atoms with van der Waals surface area (Å²) in [6, 6.07) is 9.94. The van der Waals surface area contributed by atoms with Crippen molar-refractivity contribution in [3.05, 3.63) is 36.0 Å². The number of aromatic nitrogens is 1. The van der Waals surface area contributed by atoms with E-state index in [1.165, 1.54) is 35.7 Å². The molecule has 2 aromatic rings. The van der Waals surface area contributed by atoms with Gasteiger partial charge < -0.3 is 9.88 Å². The molecule has 0 aliphatic carbocycles. The Morgan fingerprint density at radius 1 is 1.14 bits per heavy atom. The third-order valence-electron chi connectivity index (χ3n) is 6.35. The van der Waals surface area contributed by atoms with E-state index >= 15 is 0 Å². The van der Waals surface area contributed by atoms with Crippen LogP contribution in [0, 0.1) is 0 Å². The Morgan fingerprint density at radius 3 is 2.64 bits per heavy atom. The zero-order valence-electron chi connectivity index (χ0n) is 17.9. The number of hydrogen-bond acceptors (Lipinski definition) is 2. The molecular weight excluding hydrogens is 346 g/mol. The molecule has 1 N–H and O–H groups in total. The summed E-state index contributed by atoms with van der Waals surface area (Å²) in [6.07, 6.45) is 9.76. The number of piperidine rings is 1. The van der Waals surface area contributed by atoms with E-state index in [0.717, 1.165) is 38.9 Å². The molecule has 154 valence electrons. The highest BCUT2D eigenvalue weighted by Crippen LogP contribution is 2.23. The summed E-state index contributed by atoms with van der Waals surface area (Å²) in [5.41, 5.74) is 2.66. The van der Waals surface area contributed by atoms with Gasteiger partial charge in [0.05, 0.1) is 0 Å². The zero-order valence-corrected chi connectivity index (χ0v) is 17.9. The van der Waals surface area contributed by atoms with Gasteiger partial charge in [-0.15, -0.1) is 0 Å². The third-order valence-corrected chi connectivity index (χ3v) is 6.35. The van der Waals surface area contributed by atoms with Gasteiger partial charge in [-0.1, -0.05) is 24.6 Å². The summed E-state index contributed by atoms with van der Waals surface area (Å²) in [6.45, 7) is 9.72. The van der Waals surface area contributed by atoms with Gasteiger partial charge in [-0.2, -0.15) is 0 Å². The fourth-order valence-corrected chi connectivity index (χ4v) is 4.72. The minimum Gasteiger partial charge on any atom is -0.356 e. The Morgan fingerprint density at radius 2 is 1.89 bits per heavy atom. The maximum absolute atomic E-state index is 12.2. The van der Waals surface area contributed by atoms with E-state index in [0.29, 0.717) is 18.5 Å². The van der Waals surface area contributed by atoms with Crippen molar-refractivity contribution in [2.75, 3.05) is 13.1 Å². The number of nitrogens with zero attached hydrogens (tertiary/aromatic N) is 2. The first kappa shape index (κ1) is 20.9. The fourth-order valence-electron chi connectivity index (χ4n) is 4.72. The summed E-state index contributed by atoms with van der Waals surface area (Å²) in [4.78, 5) is 14.8. The van der Waals surface area contributed by atoms with Gasteiger partial charge in [-0.25, -0.2) is 0 Å². The molecule has 0 bridgehead atoms. The van der Waals surface area contributed by atoms with Gasteiger partial charge in [0.15, 0.2) is 0 Å². The van der Waals surface area contributed by atoms with Crippen molar-refractivity contribution in [3.8, 4) is 0 Å². The van der Waals surface area contributed by atoms with Crippen LogP contribution in [0.2, 0.25) is 0 Å². The molecule has 1 aromatic heterocycles. The van der Waals surface area contributed by atoms with E-state index in [1.54, 1.807) is 0 Å². The highest BCUT2D eigenvalue weighted by molar-refractivity contribution is 5.84. The summed E-state index contributed by atoms with van der Waals surface area (Å²) in [5, 5.41) is 4.45. The Bertz CT molecular complexity index is 756. The minimum absolute atomic E-state index is 0.193. The van der Waals surface area contributed by atoms with Crippen molar-refractivity contribution in [2.45, 2.75) is 84.3 Å². The Kier molecular flexibility index (Phi) is 7.55. The lowest BCUT2D eigenvalue weighted by atomic mass is 9.97. The molecular formula is C24H37N3O. The smallest absolute Gasteiger partial charge is 0.220 e. The van der Waals surface area contributed by atoms with E-state index in [1.807, 2.05) is 0 Å². The Hall–Kier alpha value is -1.81.